The molecule has 1 aliphatic rings. The standard InChI is InChI=1S/C19H23BrN2O4S2/c1-13-6-7-18(17(20)10-13)21-28(25,26)19-14(2)11-16(12-15(19)3)22-8-4-5-9-27(22,23)24/h6-7,10-12,21H,4-5,8-9H2,1-3H3. The van der Waals surface area contributed by atoms with E-state index in [1.165, 1.54) is 4.31 Å². The molecule has 0 aromatic heterocycles. The predicted molar refractivity (Wildman–Crippen MR) is 116 cm³/mol. The van der Waals surface area contributed by atoms with Gasteiger partial charge in [-0.15, -0.1) is 0 Å². The first-order valence-electron chi connectivity index (χ1n) is 8.92. The summed E-state index contributed by atoms with van der Waals surface area (Å²) in [6, 6.07) is 8.63. The van der Waals surface area contributed by atoms with Gasteiger partial charge in [0.25, 0.3) is 10.0 Å². The van der Waals surface area contributed by atoms with Crippen molar-refractivity contribution < 1.29 is 16.8 Å². The highest BCUT2D eigenvalue weighted by Gasteiger charge is 2.28. The minimum atomic E-state index is -3.83. The average molecular weight is 487 g/mol. The Morgan fingerprint density at radius 1 is 1.04 bits per heavy atom. The van der Waals surface area contributed by atoms with Gasteiger partial charge in [-0.25, -0.2) is 16.8 Å². The molecule has 9 heteroatoms. The van der Waals surface area contributed by atoms with E-state index in [4.69, 9.17) is 0 Å². The molecule has 3 rings (SSSR count). The van der Waals surface area contributed by atoms with Gasteiger partial charge in [0, 0.05) is 11.0 Å². The van der Waals surface area contributed by atoms with Gasteiger partial charge in [0.05, 0.1) is 22.0 Å². The number of benzene rings is 2. The van der Waals surface area contributed by atoms with Gasteiger partial charge in [-0.1, -0.05) is 6.07 Å². The van der Waals surface area contributed by atoms with Crippen LogP contribution in [0, 0.1) is 20.8 Å². The van der Waals surface area contributed by atoms with Crippen LogP contribution in [0.5, 0.6) is 0 Å². The molecule has 2 aromatic rings. The van der Waals surface area contributed by atoms with E-state index in [-0.39, 0.29) is 10.6 Å². The Labute approximate surface area is 175 Å². The molecule has 1 aliphatic heterocycles. The summed E-state index contributed by atoms with van der Waals surface area (Å²) in [6.07, 6.45) is 1.44. The zero-order valence-corrected chi connectivity index (χ0v) is 19.2. The molecule has 1 heterocycles. The molecule has 0 atom stereocenters. The van der Waals surface area contributed by atoms with Crippen LogP contribution in [0.15, 0.2) is 39.7 Å². The first-order chi connectivity index (χ1) is 13.0. The van der Waals surface area contributed by atoms with Crippen molar-refractivity contribution in [2.45, 2.75) is 38.5 Å². The third-order valence-electron chi connectivity index (χ3n) is 4.72. The van der Waals surface area contributed by atoms with Crippen LogP contribution < -0.4 is 9.03 Å². The molecule has 6 nitrogen and oxygen atoms in total. The Hall–Kier alpha value is -1.58. The van der Waals surface area contributed by atoms with Gasteiger partial charge in [0.2, 0.25) is 10.0 Å². The molecule has 2 aromatic carbocycles. The first-order valence-corrected chi connectivity index (χ1v) is 12.8. The number of sulfonamides is 2. The number of halogens is 1. The van der Waals surface area contributed by atoms with Gasteiger partial charge in [-0.2, -0.15) is 0 Å². The monoisotopic (exact) mass is 486 g/mol. The zero-order valence-electron chi connectivity index (χ0n) is 16.0. The summed E-state index contributed by atoms with van der Waals surface area (Å²) in [7, 11) is -7.19. The van der Waals surface area contributed by atoms with Crippen LogP contribution in [-0.4, -0.2) is 29.1 Å². The third kappa shape index (κ3) is 4.21. The van der Waals surface area contributed by atoms with Crippen molar-refractivity contribution in [3.05, 3.63) is 51.5 Å². The zero-order chi connectivity index (χ0) is 20.7. The number of rotatable bonds is 4. The number of anilines is 2. The third-order valence-corrected chi connectivity index (χ3v) is 8.92. The number of nitrogens with zero attached hydrogens (tertiary/aromatic N) is 1. The fraction of sp³-hybridized carbons (Fsp3) is 0.368. The lowest BCUT2D eigenvalue weighted by Gasteiger charge is -2.29. The van der Waals surface area contributed by atoms with Crippen LogP contribution in [0.2, 0.25) is 0 Å². The van der Waals surface area contributed by atoms with Crippen LogP contribution >= 0.6 is 15.9 Å². The lowest BCUT2D eigenvalue weighted by Crippen LogP contribution is -2.38. The molecule has 28 heavy (non-hydrogen) atoms. The summed E-state index contributed by atoms with van der Waals surface area (Å²) >= 11 is 3.39. The second-order valence-electron chi connectivity index (χ2n) is 7.09. The maximum atomic E-state index is 13.0. The molecule has 0 radical (unpaired) electrons. The average Bonchev–Trinajstić information content (AvgIpc) is 2.56. The summed E-state index contributed by atoms with van der Waals surface area (Å²) in [5, 5.41) is 0. The highest BCUT2D eigenvalue weighted by molar-refractivity contribution is 9.10. The molecular weight excluding hydrogens is 464 g/mol. The van der Waals surface area contributed by atoms with Crippen molar-refractivity contribution in [2.75, 3.05) is 21.3 Å². The molecule has 152 valence electrons. The van der Waals surface area contributed by atoms with E-state index >= 15 is 0 Å². The van der Waals surface area contributed by atoms with Gasteiger partial charge in [0.1, 0.15) is 0 Å². The number of nitrogens with one attached hydrogen (secondary N) is 1. The summed E-state index contributed by atoms with van der Waals surface area (Å²) in [4.78, 5) is 0.165. The van der Waals surface area contributed by atoms with Crippen LogP contribution in [0.4, 0.5) is 11.4 Å². The van der Waals surface area contributed by atoms with E-state index in [1.54, 1.807) is 32.0 Å². The first kappa shape index (κ1) is 21.1. The number of hydrogen-bond donors (Lipinski definition) is 1. The summed E-state index contributed by atoms with van der Waals surface area (Å²) in [5.74, 6) is 0.119. The molecule has 0 spiro atoms. The van der Waals surface area contributed by atoms with Crippen molar-refractivity contribution in [1.29, 1.82) is 0 Å². The van der Waals surface area contributed by atoms with Crippen LogP contribution in [0.3, 0.4) is 0 Å². The van der Waals surface area contributed by atoms with Crippen LogP contribution in [0.25, 0.3) is 0 Å². The molecule has 1 saturated heterocycles. The van der Waals surface area contributed by atoms with Gasteiger partial charge in [-0.05, 0) is 90.5 Å². The molecule has 1 fully saturated rings. The Balaban J connectivity index is 2.00. The van der Waals surface area contributed by atoms with Gasteiger partial charge < -0.3 is 0 Å². The molecule has 0 unspecified atom stereocenters. The van der Waals surface area contributed by atoms with Crippen molar-refractivity contribution in [1.82, 2.24) is 0 Å². The Kier molecular flexibility index (Phi) is 5.80. The van der Waals surface area contributed by atoms with Gasteiger partial charge in [0.15, 0.2) is 0 Å². The molecular formula is C19H23BrN2O4S2. The highest BCUT2D eigenvalue weighted by atomic mass is 79.9. The number of aryl methyl sites for hydroxylation is 3. The SMILES string of the molecule is Cc1ccc(NS(=O)(=O)c2c(C)cc(N3CCCCS3(=O)=O)cc2C)c(Br)c1. The summed E-state index contributed by atoms with van der Waals surface area (Å²) < 4.78 is 55.5. The fourth-order valence-electron chi connectivity index (χ4n) is 3.47. The molecule has 0 bridgehead atoms. The van der Waals surface area contributed by atoms with E-state index in [2.05, 4.69) is 20.7 Å². The van der Waals surface area contributed by atoms with E-state index in [1.807, 2.05) is 19.1 Å². The molecule has 0 amide bonds. The maximum Gasteiger partial charge on any atom is 0.262 e. The predicted octanol–water partition coefficient (Wildman–Crippen LogP) is 4.11. The Morgan fingerprint density at radius 3 is 2.25 bits per heavy atom. The van der Waals surface area contributed by atoms with Crippen LogP contribution in [0.1, 0.15) is 29.5 Å². The highest BCUT2D eigenvalue weighted by Crippen LogP contribution is 2.32. The molecule has 0 saturated carbocycles. The van der Waals surface area contributed by atoms with E-state index in [0.717, 1.165) is 12.0 Å². The van der Waals surface area contributed by atoms with Gasteiger partial charge >= 0.3 is 0 Å². The topological polar surface area (TPSA) is 83.6 Å². The minimum Gasteiger partial charge on any atom is -0.278 e. The molecule has 0 aliphatic carbocycles. The minimum absolute atomic E-state index is 0.119. The van der Waals surface area contributed by atoms with E-state index in [0.29, 0.717) is 39.9 Å². The van der Waals surface area contributed by atoms with Crippen LogP contribution in [-0.2, 0) is 20.0 Å². The normalized spacial score (nSPS) is 16.8. The summed E-state index contributed by atoms with van der Waals surface area (Å²) in [5.41, 5.74) is 2.99. The second kappa shape index (κ2) is 7.68. The quantitative estimate of drug-likeness (QED) is 0.704. The Bertz CT molecular complexity index is 1110. The lowest BCUT2D eigenvalue weighted by molar-refractivity contribution is 0.574. The lowest BCUT2D eigenvalue weighted by atomic mass is 10.1. The smallest absolute Gasteiger partial charge is 0.262 e. The van der Waals surface area contributed by atoms with E-state index in [9.17, 15) is 16.8 Å². The van der Waals surface area contributed by atoms with Crippen molar-refractivity contribution >= 4 is 47.4 Å². The Morgan fingerprint density at radius 2 is 1.68 bits per heavy atom. The fourth-order valence-corrected chi connectivity index (χ4v) is 7.35. The van der Waals surface area contributed by atoms with E-state index < -0.39 is 20.0 Å². The van der Waals surface area contributed by atoms with Crippen molar-refractivity contribution in [3.8, 4) is 0 Å². The van der Waals surface area contributed by atoms with Gasteiger partial charge in [-0.3, -0.25) is 9.03 Å². The largest absolute Gasteiger partial charge is 0.278 e. The summed E-state index contributed by atoms with van der Waals surface area (Å²) in [6.45, 7) is 5.71. The van der Waals surface area contributed by atoms with Crippen molar-refractivity contribution in [3.63, 3.8) is 0 Å². The van der Waals surface area contributed by atoms with Crippen molar-refractivity contribution in [2.24, 2.45) is 0 Å². The number of hydrogen-bond acceptors (Lipinski definition) is 4. The maximum absolute atomic E-state index is 13.0. The molecule has 1 N–H and O–H groups in total. The second-order valence-corrected chi connectivity index (χ2v) is 11.6.